The number of hydrogen-bond acceptors (Lipinski definition) is 2. The van der Waals surface area contributed by atoms with Gasteiger partial charge in [-0.25, -0.2) is 4.39 Å². The number of aromatic nitrogens is 1. The molecule has 0 fully saturated rings. The third kappa shape index (κ3) is 2.12. The summed E-state index contributed by atoms with van der Waals surface area (Å²) in [6, 6.07) is 6.16. The fourth-order valence-electron chi connectivity index (χ4n) is 1.70. The number of aromatic amines is 1. The van der Waals surface area contributed by atoms with Gasteiger partial charge in [-0.3, -0.25) is 4.79 Å². The molecule has 4 heteroatoms. The monoisotopic (exact) mass is 220 g/mol. The van der Waals surface area contributed by atoms with Gasteiger partial charge < -0.3 is 10.7 Å². The maximum Gasteiger partial charge on any atom is 0.251 e. The predicted molar refractivity (Wildman–Crippen MR) is 61.9 cm³/mol. The minimum Gasteiger partial charge on any atom is -0.330 e. The van der Waals surface area contributed by atoms with Crippen molar-refractivity contribution in [1.29, 1.82) is 0 Å². The summed E-state index contributed by atoms with van der Waals surface area (Å²) in [4.78, 5) is 14.3. The Kier molecular flexibility index (Phi) is 3.01. The van der Waals surface area contributed by atoms with Crippen LogP contribution in [0.2, 0.25) is 0 Å². The summed E-state index contributed by atoms with van der Waals surface area (Å²) in [5.74, 6) is -0.349. The summed E-state index contributed by atoms with van der Waals surface area (Å²) in [6.45, 7) is 0.556. The molecule has 0 bridgehead atoms. The lowest BCUT2D eigenvalue weighted by Crippen LogP contribution is -2.13. The lowest BCUT2D eigenvalue weighted by molar-refractivity contribution is 0.629. The van der Waals surface area contributed by atoms with Gasteiger partial charge in [-0.05, 0) is 49.0 Å². The van der Waals surface area contributed by atoms with E-state index in [1.54, 1.807) is 12.1 Å². The number of fused-ring (bicyclic) bond motifs is 1. The van der Waals surface area contributed by atoms with Crippen LogP contribution in [0.4, 0.5) is 4.39 Å². The molecule has 0 spiro atoms. The molecule has 0 atom stereocenters. The van der Waals surface area contributed by atoms with Gasteiger partial charge in [0, 0.05) is 5.56 Å². The van der Waals surface area contributed by atoms with E-state index < -0.39 is 0 Å². The molecule has 1 aromatic carbocycles. The molecule has 84 valence electrons. The van der Waals surface area contributed by atoms with Crippen molar-refractivity contribution in [2.45, 2.75) is 12.8 Å². The molecule has 3 nitrogen and oxygen atoms in total. The Labute approximate surface area is 92.1 Å². The average Bonchev–Trinajstić information content (AvgIpc) is 2.26. The summed E-state index contributed by atoms with van der Waals surface area (Å²) in [6.07, 6.45) is 1.43. The highest BCUT2D eigenvalue weighted by Crippen LogP contribution is 2.13. The van der Waals surface area contributed by atoms with Crippen LogP contribution in [0.25, 0.3) is 10.9 Å². The van der Waals surface area contributed by atoms with Gasteiger partial charge in [0.05, 0.1) is 5.52 Å². The van der Waals surface area contributed by atoms with Crippen molar-refractivity contribution in [2.24, 2.45) is 5.73 Å². The van der Waals surface area contributed by atoms with Crippen molar-refractivity contribution in [3.63, 3.8) is 0 Å². The number of nitrogens with one attached hydrogen (secondary N) is 1. The summed E-state index contributed by atoms with van der Waals surface area (Å²) in [5.41, 5.74) is 6.46. The Hall–Kier alpha value is -1.68. The van der Waals surface area contributed by atoms with Crippen LogP contribution in [0.15, 0.2) is 29.1 Å². The smallest absolute Gasteiger partial charge is 0.251 e. The number of pyridine rings is 1. The molecule has 1 heterocycles. The third-order valence-corrected chi connectivity index (χ3v) is 2.54. The number of hydrogen-bond donors (Lipinski definition) is 2. The second kappa shape index (κ2) is 4.45. The van der Waals surface area contributed by atoms with E-state index in [1.807, 2.05) is 0 Å². The number of halogens is 1. The predicted octanol–water partition coefficient (Wildman–Crippen LogP) is 1.56. The first-order valence-corrected chi connectivity index (χ1v) is 5.22. The Balaban J connectivity index is 2.50. The van der Waals surface area contributed by atoms with Crippen LogP contribution in [-0.4, -0.2) is 11.5 Å². The normalized spacial score (nSPS) is 10.9. The molecule has 16 heavy (non-hydrogen) atoms. The van der Waals surface area contributed by atoms with Crippen molar-refractivity contribution >= 4 is 10.9 Å². The minimum atomic E-state index is -0.349. The van der Waals surface area contributed by atoms with E-state index in [2.05, 4.69) is 4.98 Å². The molecule has 2 rings (SSSR count). The second-order valence-corrected chi connectivity index (χ2v) is 3.75. The second-order valence-electron chi connectivity index (χ2n) is 3.75. The van der Waals surface area contributed by atoms with E-state index >= 15 is 0 Å². The summed E-state index contributed by atoms with van der Waals surface area (Å²) in [7, 11) is 0. The average molecular weight is 220 g/mol. The summed E-state index contributed by atoms with van der Waals surface area (Å²) in [5, 5.41) is 0.841. The fraction of sp³-hybridized carbons (Fsp3) is 0.250. The van der Waals surface area contributed by atoms with Crippen molar-refractivity contribution in [3.8, 4) is 0 Å². The Morgan fingerprint density at radius 1 is 1.31 bits per heavy atom. The lowest BCUT2D eigenvalue weighted by atomic mass is 10.1. The van der Waals surface area contributed by atoms with Gasteiger partial charge in [0.2, 0.25) is 0 Å². The molecule has 0 aliphatic rings. The molecule has 2 aromatic rings. The van der Waals surface area contributed by atoms with E-state index in [1.165, 1.54) is 12.1 Å². The first kappa shape index (κ1) is 10.8. The van der Waals surface area contributed by atoms with Crippen LogP contribution in [0.1, 0.15) is 12.0 Å². The maximum atomic E-state index is 12.9. The number of aryl methyl sites for hydroxylation is 1. The Bertz CT molecular complexity index is 562. The van der Waals surface area contributed by atoms with E-state index in [9.17, 15) is 9.18 Å². The van der Waals surface area contributed by atoms with Crippen molar-refractivity contribution < 1.29 is 4.39 Å². The van der Waals surface area contributed by atoms with Crippen molar-refractivity contribution in [1.82, 2.24) is 4.98 Å². The number of nitrogens with two attached hydrogens (primary N) is 1. The molecule has 3 N–H and O–H groups in total. The van der Waals surface area contributed by atoms with Crippen LogP contribution in [0.3, 0.4) is 0 Å². The Morgan fingerprint density at radius 2 is 2.12 bits per heavy atom. The summed E-state index contributed by atoms with van der Waals surface area (Å²) >= 11 is 0. The van der Waals surface area contributed by atoms with Crippen LogP contribution in [0, 0.1) is 5.82 Å². The summed E-state index contributed by atoms with van der Waals surface area (Å²) < 4.78 is 12.9. The van der Waals surface area contributed by atoms with Gasteiger partial charge in [0.15, 0.2) is 0 Å². The first-order valence-electron chi connectivity index (χ1n) is 5.22. The highest BCUT2D eigenvalue weighted by atomic mass is 19.1. The number of benzene rings is 1. The molecule has 0 aliphatic carbocycles. The number of H-pyrrole nitrogens is 1. The molecule has 0 radical (unpaired) electrons. The molecular weight excluding hydrogens is 207 g/mol. The third-order valence-electron chi connectivity index (χ3n) is 2.54. The first-order chi connectivity index (χ1) is 7.70. The van der Waals surface area contributed by atoms with Crippen molar-refractivity contribution in [3.05, 3.63) is 46.0 Å². The van der Waals surface area contributed by atoms with E-state index in [4.69, 9.17) is 5.73 Å². The largest absolute Gasteiger partial charge is 0.330 e. The highest BCUT2D eigenvalue weighted by molar-refractivity contribution is 5.78. The van der Waals surface area contributed by atoms with Gasteiger partial charge >= 0.3 is 0 Å². The van der Waals surface area contributed by atoms with Gasteiger partial charge in [-0.2, -0.15) is 0 Å². The molecule has 0 unspecified atom stereocenters. The standard InChI is InChI=1S/C12H13FN2O/c13-10-4-3-8-6-9(2-1-5-14)12(16)15-11(8)7-10/h3-4,6-7H,1-2,5,14H2,(H,15,16). The van der Waals surface area contributed by atoms with Gasteiger partial charge in [0.1, 0.15) is 5.82 Å². The molecule has 0 amide bonds. The molecular formula is C12H13FN2O. The van der Waals surface area contributed by atoms with Crippen LogP contribution >= 0.6 is 0 Å². The fourth-order valence-corrected chi connectivity index (χ4v) is 1.70. The van der Waals surface area contributed by atoms with E-state index in [0.717, 1.165) is 11.8 Å². The quantitative estimate of drug-likeness (QED) is 0.824. The van der Waals surface area contributed by atoms with E-state index in [-0.39, 0.29) is 11.4 Å². The zero-order valence-electron chi connectivity index (χ0n) is 8.79. The maximum absolute atomic E-state index is 12.9. The molecule has 0 saturated heterocycles. The van der Waals surface area contributed by atoms with Crippen molar-refractivity contribution in [2.75, 3.05) is 6.54 Å². The Morgan fingerprint density at radius 3 is 2.88 bits per heavy atom. The number of rotatable bonds is 3. The minimum absolute atomic E-state index is 0.161. The molecule has 1 aromatic heterocycles. The van der Waals surface area contributed by atoms with Crippen LogP contribution in [-0.2, 0) is 6.42 Å². The van der Waals surface area contributed by atoms with Gasteiger partial charge in [-0.1, -0.05) is 0 Å². The SMILES string of the molecule is NCCCc1cc2ccc(F)cc2[nH]c1=O. The topological polar surface area (TPSA) is 58.9 Å². The molecule has 0 aliphatic heterocycles. The van der Waals surface area contributed by atoms with E-state index in [0.29, 0.717) is 24.0 Å². The lowest BCUT2D eigenvalue weighted by Gasteiger charge is -2.02. The zero-order valence-corrected chi connectivity index (χ0v) is 8.79. The highest BCUT2D eigenvalue weighted by Gasteiger charge is 2.03. The zero-order chi connectivity index (χ0) is 11.5. The van der Waals surface area contributed by atoms with Gasteiger partial charge in [-0.15, -0.1) is 0 Å². The van der Waals surface area contributed by atoms with Crippen LogP contribution < -0.4 is 11.3 Å². The van der Waals surface area contributed by atoms with Gasteiger partial charge in [0.25, 0.3) is 5.56 Å². The molecule has 0 saturated carbocycles. The van der Waals surface area contributed by atoms with Crippen LogP contribution in [0.5, 0.6) is 0 Å².